The van der Waals surface area contributed by atoms with Gasteiger partial charge < -0.3 is 15.1 Å². The molecule has 0 radical (unpaired) electrons. The van der Waals surface area contributed by atoms with E-state index in [1.54, 1.807) is 4.90 Å². The van der Waals surface area contributed by atoms with Gasteiger partial charge in [0, 0.05) is 39.0 Å². The van der Waals surface area contributed by atoms with Crippen molar-refractivity contribution in [2.75, 3.05) is 26.2 Å². The van der Waals surface area contributed by atoms with Crippen molar-refractivity contribution >= 4 is 23.6 Å². The Kier molecular flexibility index (Phi) is 5.86. The van der Waals surface area contributed by atoms with Crippen molar-refractivity contribution in [1.29, 1.82) is 0 Å². The lowest BCUT2D eigenvalue weighted by Gasteiger charge is -2.39. The van der Waals surface area contributed by atoms with Gasteiger partial charge in [0.05, 0.1) is 5.92 Å². The van der Waals surface area contributed by atoms with Crippen molar-refractivity contribution in [2.45, 2.75) is 64.8 Å². The average molecular weight is 377 g/mol. The van der Waals surface area contributed by atoms with Crippen LogP contribution in [0, 0.1) is 11.8 Å². The van der Waals surface area contributed by atoms with Gasteiger partial charge in [0.15, 0.2) is 0 Å². The van der Waals surface area contributed by atoms with Gasteiger partial charge in [-0.3, -0.25) is 19.4 Å². The van der Waals surface area contributed by atoms with E-state index in [1.807, 2.05) is 11.8 Å². The number of aliphatic imine (C=N–C) groups is 1. The van der Waals surface area contributed by atoms with Gasteiger partial charge in [-0.1, -0.05) is 13.8 Å². The topological polar surface area (TPSA) is 82.1 Å². The van der Waals surface area contributed by atoms with Crippen LogP contribution < -0.4 is 5.32 Å². The second-order valence-electron chi connectivity index (χ2n) is 8.47. The minimum Gasteiger partial charge on any atom is -0.342 e. The maximum Gasteiger partial charge on any atom is 0.253 e. The number of rotatable bonds is 5. The number of piperidine rings is 2. The fourth-order valence-corrected chi connectivity index (χ4v) is 4.24. The second-order valence-corrected chi connectivity index (χ2v) is 8.47. The summed E-state index contributed by atoms with van der Waals surface area (Å²) < 4.78 is 0. The van der Waals surface area contributed by atoms with Crippen molar-refractivity contribution in [3.8, 4) is 0 Å². The van der Waals surface area contributed by atoms with Crippen LogP contribution in [0.1, 0.15) is 59.3 Å². The number of carbonyl (C=O) groups excluding carboxylic acids is 3. The van der Waals surface area contributed by atoms with Crippen LogP contribution in [0.5, 0.6) is 0 Å². The molecule has 1 unspecified atom stereocenters. The van der Waals surface area contributed by atoms with Crippen LogP contribution in [-0.2, 0) is 14.4 Å². The highest BCUT2D eigenvalue weighted by molar-refractivity contribution is 6.08. The molecule has 3 aliphatic rings. The first-order valence-electron chi connectivity index (χ1n) is 10.3. The highest BCUT2D eigenvalue weighted by Crippen LogP contribution is 2.32. The van der Waals surface area contributed by atoms with E-state index in [0.717, 1.165) is 18.7 Å². The minimum absolute atomic E-state index is 0.00576. The lowest BCUT2D eigenvalue weighted by Crippen LogP contribution is -2.53. The third kappa shape index (κ3) is 4.17. The van der Waals surface area contributed by atoms with Crippen LogP contribution in [-0.4, -0.2) is 65.1 Å². The molecule has 0 aromatic rings. The Balaban J connectivity index is 1.57. The number of nitrogens with one attached hydrogen (secondary N) is 1. The first kappa shape index (κ1) is 19.8. The third-order valence-corrected chi connectivity index (χ3v) is 6.12. The van der Waals surface area contributed by atoms with Gasteiger partial charge >= 0.3 is 0 Å². The lowest BCUT2D eigenvalue weighted by molar-refractivity contribution is -0.145. The van der Waals surface area contributed by atoms with Crippen molar-refractivity contribution < 1.29 is 14.4 Å². The van der Waals surface area contributed by atoms with E-state index in [9.17, 15) is 14.4 Å². The number of carbonyl (C=O) groups is 3. The lowest BCUT2D eigenvalue weighted by atomic mass is 9.87. The molecule has 0 bridgehead atoms. The summed E-state index contributed by atoms with van der Waals surface area (Å²) in [7, 11) is 0. The first-order valence-corrected chi connectivity index (χ1v) is 10.3. The van der Waals surface area contributed by atoms with Crippen LogP contribution in [0.25, 0.3) is 0 Å². The van der Waals surface area contributed by atoms with Gasteiger partial charge in [0.2, 0.25) is 11.8 Å². The molecule has 3 amide bonds. The number of nitrogens with zero attached hydrogens (tertiary/aromatic N) is 3. The fraction of sp³-hybridized carbons (Fsp3) is 0.800. The zero-order valence-electron chi connectivity index (χ0n) is 16.8. The summed E-state index contributed by atoms with van der Waals surface area (Å²) in [5.41, 5.74) is -0.679. The van der Waals surface area contributed by atoms with Crippen LogP contribution in [0.4, 0.5) is 0 Å². The predicted octanol–water partition coefficient (Wildman–Crippen LogP) is 1.57. The Morgan fingerprint density at radius 1 is 1.30 bits per heavy atom. The highest BCUT2D eigenvalue weighted by atomic mass is 16.2. The molecule has 0 saturated carbocycles. The zero-order valence-corrected chi connectivity index (χ0v) is 16.8. The zero-order chi connectivity index (χ0) is 19.6. The number of amides is 3. The minimum atomic E-state index is -0.679. The molecule has 1 N–H and O–H groups in total. The van der Waals surface area contributed by atoms with E-state index in [-0.39, 0.29) is 23.6 Å². The number of hydrogen-bond acceptors (Lipinski definition) is 4. The number of hydrogen-bond donors (Lipinski definition) is 1. The largest absolute Gasteiger partial charge is 0.342 e. The Labute approximate surface area is 161 Å². The Bertz CT molecular complexity index is 635. The van der Waals surface area contributed by atoms with Gasteiger partial charge in [0.1, 0.15) is 11.4 Å². The molecule has 3 heterocycles. The van der Waals surface area contributed by atoms with E-state index in [0.29, 0.717) is 57.8 Å². The Morgan fingerprint density at radius 2 is 2.00 bits per heavy atom. The van der Waals surface area contributed by atoms with E-state index in [1.165, 1.54) is 0 Å². The summed E-state index contributed by atoms with van der Waals surface area (Å²) in [6.45, 7) is 8.56. The normalized spacial score (nSPS) is 25.2. The van der Waals surface area contributed by atoms with Crippen molar-refractivity contribution in [3.05, 3.63) is 0 Å². The summed E-state index contributed by atoms with van der Waals surface area (Å²) in [6.07, 6.45) is 4.06. The second kappa shape index (κ2) is 7.98. The predicted molar refractivity (Wildman–Crippen MR) is 103 cm³/mol. The molecule has 2 fully saturated rings. The van der Waals surface area contributed by atoms with Gasteiger partial charge in [-0.15, -0.1) is 0 Å². The molecule has 0 aliphatic carbocycles. The molecular formula is C20H32N4O3. The number of amidine groups is 1. The van der Waals surface area contributed by atoms with Gasteiger partial charge in [-0.25, -0.2) is 0 Å². The van der Waals surface area contributed by atoms with Crippen LogP contribution in [0.3, 0.4) is 0 Å². The van der Waals surface area contributed by atoms with Crippen molar-refractivity contribution in [1.82, 2.24) is 15.1 Å². The number of likely N-dealkylation sites (tertiary alicyclic amines) is 2. The molecule has 1 spiro atoms. The van der Waals surface area contributed by atoms with E-state index in [2.05, 4.69) is 19.2 Å². The first-order chi connectivity index (χ1) is 12.8. The van der Waals surface area contributed by atoms with Crippen LogP contribution >= 0.6 is 0 Å². The maximum atomic E-state index is 12.9. The average Bonchev–Trinajstić information content (AvgIpc) is 2.96. The smallest absolute Gasteiger partial charge is 0.253 e. The van der Waals surface area contributed by atoms with E-state index in [4.69, 9.17) is 4.99 Å². The molecule has 3 aliphatic heterocycles. The summed E-state index contributed by atoms with van der Waals surface area (Å²) >= 11 is 0. The Hall–Kier alpha value is -1.92. The summed E-state index contributed by atoms with van der Waals surface area (Å²) in [5, 5.41) is 2.96. The standard InChI is InChI=1S/C20H32N4O3/c1-4-23-13-15(6-8-17(23)25)18(26)24-11-9-20(10-12-24)19(27)21-16(22-20)7-5-14(2)3/h14-15H,4-13H2,1-3H3,(H,21,22,27). The SMILES string of the molecule is CCN1CC(C(=O)N2CCC3(CC2)N=C(CCC(C)C)NC3=O)CCC1=O. The van der Waals surface area contributed by atoms with Crippen molar-refractivity contribution in [2.24, 2.45) is 16.8 Å². The van der Waals surface area contributed by atoms with E-state index >= 15 is 0 Å². The molecule has 0 aromatic carbocycles. The fourth-order valence-electron chi connectivity index (χ4n) is 4.24. The molecular weight excluding hydrogens is 344 g/mol. The van der Waals surface area contributed by atoms with Gasteiger partial charge in [-0.2, -0.15) is 0 Å². The van der Waals surface area contributed by atoms with Crippen molar-refractivity contribution in [3.63, 3.8) is 0 Å². The molecule has 1 atom stereocenters. The summed E-state index contributed by atoms with van der Waals surface area (Å²) in [6, 6.07) is 0. The van der Waals surface area contributed by atoms with Crippen LogP contribution in [0.15, 0.2) is 4.99 Å². The quantitative estimate of drug-likeness (QED) is 0.791. The van der Waals surface area contributed by atoms with Gasteiger partial charge in [-0.05, 0) is 38.5 Å². The highest BCUT2D eigenvalue weighted by Gasteiger charge is 2.46. The van der Waals surface area contributed by atoms with Gasteiger partial charge in [0.25, 0.3) is 5.91 Å². The maximum absolute atomic E-state index is 12.9. The molecule has 7 nitrogen and oxygen atoms in total. The molecule has 150 valence electrons. The summed E-state index contributed by atoms with van der Waals surface area (Å²) in [5.74, 6) is 1.53. The molecule has 0 aromatic heterocycles. The monoisotopic (exact) mass is 376 g/mol. The third-order valence-electron chi connectivity index (χ3n) is 6.12. The molecule has 2 saturated heterocycles. The molecule has 7 heteroatoms. The molecule has 27 heavy (non-hydrogen) atoms. The summed E-state index contributed by atoms with van der Waals surface area (Å²) in [4.78, 5) is 45.7. The van der Waals surface area contributed by atoms with Crippen LogP contribution in [0.2, 0.25) is 0 Å². The Morgan fingerprint density at radius 3 is 2.63 bits per heavy atom. The molecule has 3 rings (SSSR count). The van der Waals surface area contributed by atoms with E-state index < -0.39 is 5.54 Å².